The number of benzene rings is 7. The molecule has 3 heterocycles. The number of para-hydroxylation sites is 3. The lowest BCUT2D eigenvalue weighted by molar-refractivity contribution is 1.16. The number of fused-ring (bicyclic) bond motifs is 6. The first-order valence-corrected chi connectivity index (χ1v) is 17.7. The van der Waals surface area contributed by atoms with E-state index in [-0.39, 0.29) is 0 Å². The predicted molar refractivity (Wildman–Crippen MR) is 211 cm³/mol. The molecule has 0 radical (unpaired) electrons. The maximum atomic E-state index is 5.44. The molecule has 0 saturated heterocycles. The highest BCUT2D eigenvalue weighted by atomic mass is 32.1. The Labute approximate surface area is 293 Å². The Hall–Kier alpha value is -6.36. The predicted octanol–water partition coefficient (Wildman–Crippen LogP) is 12.6. The van der Waals surface area contributed by atoms with Crippen molar-refractivity contribution in [3.05, 3.63) is 176 Å². The van der Waals surface area contributed by atoms with Crippen molar-refractivity contribution in [2.75, 3.05) is 0 Å². The minimum atomic E-state index is 0.700. The van der Waals surface area contributed by atoms with Crippen LogP contribution >= 0.6 is 11.3 Å². The zero-order valence-corrected chi connectivity index (χ0v) is 27.8. The molecule has 234 valence electrons. The van der Waals surface area contributed by atoms with Gasteiger partial charge in [0.05, 0.1) is 22.4 Å². The number of hydrogen-bond acceptors (Lipinski definition) is 3. The van der Waals surface area contributed by atoms with E-state index >= 15 is 0 Å². The Balaban J connectivity index is 1.27. The molecule has 0 amide bonds. The summed E-state index contributed by atoms with van der Waals surface area (Å²) in [6.07, 6.45) is 0. The number of nitrogens with zero attached hydrogens (tertiary/aromatic N) is 3. The molecule has 0 saturated carbocycles. The van der Waals surface area contributed by atoms with E-state index in [4.69, 9.17) is 9.97 Å². The van der Waals surface area contributed by atoms with Crippen LogP contribution in [0, 0.1) is 0 Å². The summed E-state index contributed by atoms with van der Waals surface area (Å²) in [5, 5.41) is 4.91. The maximum Gasteiger partial charge on any atom is 0.162 e. The van der Waals surface area contributed by atoms with Gasteiger partial charge in [0, 0.05) is 53.3 Å². The van der Waals surface area contributed by atoms with Gasteiger partial charge in [0.1, 0.15) is 0 Å². The standard InChI is InChI=1S/C46H29N3S/c1-3-14-30(15-4-1)31-16-11-17-32(28-31)40-29-41(38-24-13-23-37-35-21-8-10-27-43(35)50-45(37)38)48-46(47-40)39-25-12-22-36-34-20-7-9-26-42(34)49(44(36)39)33-18-5-2-6-19-33/h1-29H. The Morgan fingerprint density at radius 1 is 0.420 bits per heavy atom. The molecule has 0 atom stereocenters. The summed E-state index contributed by atoms with van der Waals surface area (Å²) in [5.41, 5.74) is 10.6. The molecule has 4 heteroatoms. The SMILES string of the molecule is c1ccc(-c2cccc(-c3cc(-c4cccc5c4sc4ccccc45)nc(-c4cccc5c6ccccc6n(-c6ccccc6)c45)n3)c2)cc1. The fraction of sp³-hybridized carbons (Fsp3) is 0. The summed E-state index contributed by atoms with van der Waals surface area (Å²) >= 11 is 1.83. The molecule has 7 aromatic carbocycles. The monoisotopic (exact) mass is 655 g/mol. The van der Waals surface area contributed by atoms with Crippen molar-refractivity contribution in [3.63, 3.8) is 0 Å². The van der Waals surface area contributed by atoms with E-state index in [1.807, 2.05) is 11.3 Å². The van der Waals surface area contributed by atoms with E-state index in [1.165, 1.54) is 36.5 Å². The summed E-state index contributed by atoms with van der Waals surface area (Å²) < 4.78 is 4.87. The molecule has 0 N–H and O–H groups in total. The second-order valence-corrected chi connectivity index (χ2v) is 13.6. The molecular weight excluding hydrogens is 627 g/mol. The Morgan fingerprint density at radius 3 is 1.90 bits per heavy atom. The van der Waals surface area contributed by atoms with Gasteiger partial charge in [-0.25, -0.2) is 9.97 Å². The van der Waals surface area contributed by atoms with Crippen LogP contribution in [0.4, 0.5) is 0 Å². The Bertz CT molecular complexity index is 2870. The second kappa shape index (κ2) is 11.7. The summed E-state index contributed by atoms with van der Waals surface area (Å²) in [6.45, 7) is 0. The second-order valence-electron chi connectivity index (χ2n) is 12.6. The fourth-order valence-electron chi connectivity index (χ4n) is 7.34. The zero-order valence-electron chi connectivity index (χ0n) is 27.0. The van der Waals surface area contributed by atoms with Gasteiger partial charge in [-0.2, -0.15) is 0 Å². The molecule has 3 nitrogen and oxygen atoms in total. The molecule has 0 aliphatic rings. The van der Waals surface area contributed by atoms with E-state index in [0.29, 0.717) is 5.82 Å². The van der Waals surface area contributed by atoms with Gasteiger partial charge in [-0.05, 0) is 53.6 Å². The van der Waals surface area contributed by atoms with E-state index in [0.717, 1.165) is 50.4 Å². The molecule has 10 rings (SSSR count). The average Bonchev–Trinajstić information content (AvgIpc) is 3.75. The van der Waals surface area contributed by atoms with Crippen LogP contribution in [0.5, 0.6) is 0 Å². The van der Waals surface area contributed by atoms with Crippen LogP contribution in [-0.2, 0) is 0 Å². The minimum Gasteiger partial charge on any atom is -0.309 e. The quantitative estimate of drug-likeness (QED) is 0.185. The largest absolute Gasteiger partial charge is 0.309 e. The Kier molecular flexibility index (Phi) is 6.68. The van der Waals surface area contributed by atoms with E-state index < -0.39 is 0 Å². The summed E-state index contributed by atoms with van der Waals surface area (Å²) in [4.78, 5) is 10.8. The highest BCUT2D eigenvalue weighted by Gasteiger charge is 2.20. The van der Waals surface area contributed by atoms with Crippen LogP contribution in [0.3, 0.4) is 0 Å². The first-order chi connectivity index (χ1) is 24.8. The van der Waals surface area contributed by atoms with Gasteiger partial charge in [-0.1, -0.05) is 133 Å². The van der Waals surface area contributed by atoms with Crippen molar-refractivity contribution in [1.29, 1.82) is 0 Å². The van der Waals surface area contributed by atoms with Gasteiger partial charge in [0.2, 0.25) is 0 Å². The minimum absolute atomic E-state index is 0.700. The van der Waals surface area contributed by atoms with Crippen molar-refractivity contribution in [3.8, 4) is 50.7 Å². The molecule has 0 fully saturated rings. The van der Waals surface area contributed by atoms with Crippen LogP contribution < -0.4 is 0 Å². The normalized spacial score (nSPS) is 11.6. The highest BCUT2D eigenvalue weighted by molar-refractivity contribution is 7.26. The van der Waals surface area contributed by atoms with Crippen molar-refractivity contribution in [1.82, 2.24) is 14.5 Å². The van der Waals surface area contributed by atoms with Crippen LogP contribution in [0.1, 0.15) is 0 Å². The zero-order chi connectivity index (χ0) is 33.0. The van der Waals surface area contributed by atoms with Crippen LogP contribution in [0.2, 0.25) is 0 Å². The lowest BCUT2D eigenvalue weighted by Gasteiger charge is -2.14. The molecule has 10 aromatic rings. The average molecular weight is 656 g/mol. The third-order valence-electron chi connectivity index (χ3n) is 9.62. The van der Waals surface area contributed by atoms with Crippen molar-refractivity contribution in [2.45, 2.75) is 0 Å². The molecule has 0 unspecified atom stereocenters. The van der Waals surface area contributed by atoms with Gasteiger partial charge in [-0.3, -0.25) is 0 Å². The smallest absolute Gasteiger partial charge is 0.162 e. The summed E-state index contributed by atoms with van der Waals surface area (Å²) in [6, 6.07) is 62.4. The van der Waals surface area contributed by atoms with Crippen LogP contribution in [-0.4, -0.2) is 14.5 Å². The fourth-order valence-corrected chi connectivity index (χ4v) is 8.56. The first kappa shape index (κ1) is 28.6. The van der Waals surface area contributed by atoms with Crippen LogP contribution in [0.15, 0.2) is 176 Å². The van der Waals surface area contributed by atoms with Gasteiger partial charge in [0.25, 0.3) is 0 Å². The van der Waals surface area contributed by atoms with Gasteiger partial charge in [0.15, 0.2) is 5.82 Å². The molecule has 0 aliphatic carbocycles. The number of thiophene rings is 1. The topological polar surface area (TPSA) is 30.7 Å². The molecule has 0 aliphatic heterocycles. The van der Waals surface area contributed by atoms with Gasteiger partial charge >= 0.3 is 0 Å². The van der Waals surface area contributed by atoms with E-state index in [1.54, 1.807) is 0 Å². The summed E-state index contributed by atoms with van der Waals surface area (Å²) in [7, 11) is 0. The first-order valence-electron chi connectivity index (χ1n) is 16.8. The van der Waals surface area contributed by atoms with Gasteiger partial charge in [-0.15, -0.1) is 11.3 Å². The van der Waals surface area contributed by atoms with Crippen LogP contribution in [0.25, 0.3) is 92.7 Å². The Morgan fingerprint density at radius 2 is 1.04 bits per heavy atom. The van der Waals surface area contributed by atoms with Gasteiger partial charge < -0.3 is 4.57 Å². The number of rotatable bonds is 5. The van der Waals surface area contributed by atoms with Crippen molar-refractivity contribution >= 4 is 53.3 Å². The van der Waals surface area contributed by atoms with E-state index in [2.05, 4.69) is 180 Å². The molecule has 0 spiro atoms. The lowest BCUT2D eigenvalue weighted by Crippen LogP contribution is -1.99. The third-order valence-corrected chi connectivity index (χ3v) is 10.8. The molecule has 3 aromatic heterocycles. The van der Waals surface area contributed by atoms with Crippen molar-refractivity contribution < 1.29 is 0 Å². The lowest BCUT2D eigenvalue weighted by atomic mass is 10.00. The highest BCUT2D eigenvalue weighted by Crippen LogP contribution is 2.42. The molecular formula is C46H29N3S. The van der Waals surface area contributed by atoms with Crippen molar-refractivity contribution in [2.24, 2.45) is 0 Å². The number of aromatic nitrogens is 3. The maximum absolute atomic E-state index is 5.44. The summed E-state index contributed by atoms with van der Waals surface area (Å²) in [5.74, 6) is 0.700. The molecule has 0 bridgehead atoms. The van der Waals surface area contributed by atoms with E-state index in [9.17, 15) is 0 Å². The third kappa shape index (κ3) is 4.65. The number of hydrogen-bond donors (Lipinski definition) is 0. The molecule has 50 heavy (non-hydrogen) atoms.